The molecule has 19 heavy (non-hydrogen) atoms. The SMILES string of the molecule is O=C1CCCCCCCCN1Cc1ccccc1O. The fraction of sp³-hybridized carbons (Fsp3) is 0.562. The molecule has 0 bridgehead atoms. The van der Waals surface area contributed by atoms with Gasteiger partial charge in [0.1, 0.15) is 5.75 Å². The largest absolute Gasteiger partial charge is 0.508 e. The lowest BCUT2D eigenvalue weighted by Gasteiger charge is -2.24. The van der Waals surface area contributed by atoms with E-state index in [0.717, 1.165) is 31.4 Å². The highest BCUT2D eigenvalue weighted by molar-refractivity contribution is 5.76. The van der Waals surface area contributed by atoms with Gasteiger partial charge in [0, 0.05) is 25.1 Å². The molecule has 0 aliphatic carbocycles. The first kappa shape index (κ1) is 13.9. The number of nitrogens with zero attached hydrogens (tertiary/aromatic N) is 1. The van der Waals surface area contributed by atoms with Crippen molar-refractivity contribution in [3.05, 3.63) is 29.8 Å². The van der Waals surface area contributed by atoms with Gasteiger partial charge in [-0.1, -0.05) is 43.9 Å². The van der Waals surface area contributed by atoms with Crippen LogP contribution in [0.5, 0.6) is 5.75 Å². The maximum Gasteiger partial charge on any atom is 0.222 e. The Labute approximate surface area is 115 Å². The Kier molecular flexibility index (Phi) is 5.25. The van der Waals surface area contributed by atoms with Gasteiger partial charge in [-0.15, -0.1) is 0 Å². The van der Waals surface area contributed by atoms with Crippen LogP contribution in [-0.4, -0.2) is 22.5 Å². The quantitative estimate of drug-likeness (QED) is 0.885. The van der Waals surface area contributed by atoms with E-state index in [1.54, 1.807) is 6.07 Å². The lowest BCUT2D eigenvalue weighted by atomic mass is 10.1. The van der Waals surface area contributed by atoms with Gasteiger partial charge in [0.15, 0.2) is 0 Å². The Morgan fingerprint density at radius 3 is 2.47 bits per heavy atom. The molecule has 1 aromatic rings. The number of para-hydroxylation sites is 1. The fourth-order valence-electron chi connectivity index (χ4n) is 2.59. The predicted octanol–water partition coefficient (Wildman–Crippen LogP) is 3.47. The van der Waals surface area contributed by atoms with E-state index in [0.29, 0.717) is 13.0 Å². The zero-order valence-electron chi connectivity index (χ0n) is 11.5. The van der Waals surface area contributed by atoms with Gasteiger partial charge in [-0.25, -0.2) is 0 Å². The molecule has 0 unspecified atom stereocenters. The number of carbonyl (C=O) groups excluding carboxylic acids is 1. The molecule has 0 spiro atoms. The third-order valence-electron chi connectivity index (χ3n) is 3.77. The summed E-state index contributed by atoms with van der Waals surface area (Å²) in [6.07, 6.45) is 7.61. The van der Waals surface area contributed by atoms with Crippen molar-refractivity contribution in [2.24, 2.45) is 0 Å². The van der Waals surface area contributed by atoms with Gasteiger partial charge < -0.3 is 10.0 Å². The summed E-state index contributed by atoms with van der Waals surface area (Å²) in [6.45, 7) is 1.35. The van der Waals surface area contributed by atoms with Gasteiger partial charge in [0.25, 0.3) is 0 Å². The molecule has 1 amide bonds. The highest BCUT2D eigenvalue weighted by atomic mass is 16.3. The summed E-state index contributed by atoms with van der Waals surface area (Å²) in [5.74, 6) is 0.512. The number of rotatable bonds is 2. The van der Waals surface area contributed by atoms with Gasteiger partial charge in [-0.05, 0) is 18.9 Å². The van der Waals surface area contributed by atoms with Gasteiger partial charge in [-0.3, -0.25) is 4.79 Å². The van der Waals surface area contributed by atoms with Crippen LogP contribution in [0.15, 0.2) is 24.3 Å². The molecule has 1 aliphatic heterocycles. The zero-order chi connectivity index (χ0) is 13.5. The number of carbonyl (C=O) groups is 1. The van der Waals surface area contributed by atoms with Crippen LogP contribution in [0, 0.1) is 0 Å². The molecular formula is C16H23NO2. The summed E-state index contributed by atoms with van der Waals surface area (Å²) in [7, 11) is 0. The Morgan fingerprint density at radius 2 is 1.68 bits per heavy atom. The minimum Gasteiger partial charge on any atom is -0.508 e. The van der Waals surface area contributed by atoms with Crippen LogP contribution in [0.4, 0.5) is 0 Å². The highest BCUT2D eigenvalue weighted by Gasteiger charge is 2.15. The van der Waals surface area contributed by atoms with Gasteiger partial charge in [0.2, 0.25) is 5.91 Å². The first-order valence-corrected chi connectivity index (χ1v) is 7.32. The average Bonchev–Trinajstić information content (AvgIpc) is 2.42. The van der Waals surface area contributed by atoms with Gasteiger partial charge >= 0.3 is 0 Å². The standard InChI is InChI=1S/C16H23NO2/c18-15-10-7-6-9-14(15)13-17-12-8-4-2-1-3-5-11-16(17)19/h6-7,9-10,18H,1-5,8,11-13H2. The monoisotopic (exact) mass is 261 g/mol. The van der Waals surface area contributed by atoms with E-state index in [1.165, 1.54) is 19.3 Å². The minimum absolute atomic E-state index is 0.227. The van der Waals surface area contributed by atoms with Crippen LogP contribution in [0.3, 0.4) is 0 Å². The Hall–Kier alpha value is -1.51. The van der Waals surface area contributed by atoms with E-state index in [1.807, 2.05) is 23.1 Å². The van der Waals surface area contributed by atoms with Crippen LogP contribution in [0.1, 0.15) is 50.5 Å². The lowest BCUT2D eigenvalue weighted by molar-refractivity contribution is -0.132. The number of phenolic OH excluding ortho intramolecular Hbond substituents is 1. The Bertz CT molecular complexity index is 417. The molecule has 1 aromatic carbocycles. The maximum atomic E-state index is 12.2. The van der Waals surface area contributed by atoms with Gasteiger partial charge in [0.05, 0.1) is 0 Å². The van der Waals surface area contributed by atoms with E-state index in [9.17, 15) is 9.90 Å². The van der Waals surface area contributed by atoms with Crippen LogP contribution >= 0.6 is 0 Å². The molecule has 0 aromatic heterocycles. The van der Waals surface area contributed by atoms with E-state index in [4.69, 9.17) is 0 Å². The smallest absolute Gasteiger partial charge is 0.222 e. The van der Waals surface area contributed by atoms with E-state index in [-0.39, 0.29) is 11.7 Å². The van der Waals surface area contributed by atoms with Crippen LogP contribution in [-0.2, 0) is 11.3 Å². The number of hydrogen-bond acceptors (Lipinski definition) is 2. The third kappa shape index (κ3) is 4.27. The van der Waals surface area contributed by atoms with Crippen molar-refractivity contribution in [2.45, 2.75) is 51.5 Å². The summed E-state index contributed by atoms with van der Waals surface area (Å²) in [4.78, 5) is 14.1. The molecule has 1 aliphatic rings. The summed E-state index contributed by atoms with van der Waals surface area (Å²) < 4.78 is 0. The summed E-state index contributed by atoms with van der Waals surface area (Å²) >= 11 is 0. The Morgan fingerprint density at radius 1 is 1.00 bits per heavy atom. The Balaban J connectivity index is 2.02. The van der Waals surface area contributed by atoms with E-state index < -0.39 is 0 Å². The van der Waals surface area contributed by atoms with Crippen molar-refractivity contribution in [1.29, 1.82) is 0 Å². The molecule has 104 valence electrons. The molecule has 0 radical (unpaired) electrons. The molecule has 0 atom stereocenters. The molecular weight excluding hydrogens is 238 g/mol. The molecule has 1 heterocycles. The number of aromatic hydroxyl groups is 1. The van der Waals surface area contributed by atoms with Gasteiger partial charge in [-0.2, -0.15) is 0 Å². The minimum atomic E-state index is 0.227. The summed E-state index contributed by atoms with van der Waals surface area (Å²) in [5.41, 5.74) is 0.841. The number of hydrogen-bond donors (Lipinski definition) is 1. The van der Waals surface area contributed by atoms with Crippen molar-refractivity contribution >= 4 is 5.91 Å². The third-order valence-corrected chi connectivity index (χ3v) is 3.77. The molecule has 1 saturated heterocycles. The number of phenols is 1. The van der Waals surface area contributed by atoms with Crippen LogP contribution in [0.25, 0.3) is 0 Å². The molecule has 3 nitrogen and oxygen atoms in total. The van der Waals surface area contributed by atoms with Crippen molar-refractivity contribution in [1.82, 2.24) is 4.90 Å². The topological polar surface area (TPSA) is 40.5 Å². The van der Waals surface area contributed by atoms with Crippen molar-refractivity contribution in [2.75, 3.05) is 6.54 Å². The second kappa shape index (κ2) is 7.17. The first-order valence-electron chi connectivity index (χ1n) is 7.32. The zero-order valence-corrected chi connectivity index (χ0v) is 11.5. The molecule has 1 N–H and O–H groups in total. The first-order chi connectivity index (χ1) is 9.27. The van der Waals surface area contributed by atoms with Crippen molar-refractivity contribution < 1.29 is 9.90 Å². The average molecular weight is 261 g/mol. The number of amides is 1. The maximum absolute atomic E-state index is 12.2. The van der Waals surface area contributed by atoms with Crippen LogP contribution in [0.2, 0.25) is 0 Å². The second-order valence-corrected chi connectivity index (χ2v) is 5.32. The van der Waals surface area contributed by atoms with E-state index >= 15 is 0 Å². The highest BCUT2D eigenvalue weighted by Crippen LogP contribution is 2.20. The molecule has 1 fully saturated rings. The fourth-order valence-corrected chi connectivity index (χ4v) is 2.59. The lowest BCUT2D eigenvalue weighted by Crippen LogP contribution is -2.31. The predicted molar refractivity (Wildman–Crippen MR) is 75.8 cm³/mol. The van der Waals surface area contributed by atoms with Crippen LogP contribution < -0.4 is 0 Å². The van der Waals surface area contributed by atoms with Crippen molar-refractivity contribution in [3.63, 3.8) is 0 Å². The summed E-state index contributed by atoms with van der Waals surface area (Å²) in [6, 6.07) is 7.28. The molecule has 3 heteroatoms. The summed E-state index contributed by atoms with van der Waals surface area (Å²) in [5, 5.41) is 9.82. The molecule has 2 rings (SSSR count). The number of benzene rings is 1. The molecule has 0 saturated carbocycles. The van der Waals surface area contributed by atoms with E-state index in [2.05, 4.69) is 0 Å². The van der Waals surface area contributed by atoms with Crippen molar-refractivity contribution in [3.8, 4) is 5.75 Å². The second-order valence-electron chi connectivity index (χ2n) is 5.32. The normalized spacial score (nSPS) is 18.3.